The van der Waals surface area contributed by atoms with Crippen molar-refractivity contribution in [1.82, 2.24) is 10.2 Å². The highest BCUT2D eigenvalue weighted by Crippen LogP contribution is 2.13. The largest absolute Gasteiger partial charge is 0.343 e. The number of halogens is 1. The van der Waals surface area contributed by atoms with Crippen LogP contribution in [0.25, 0.3) is 0 Å². The minimum Gasteiger partial charge on any atom is -0.343 e. The minimum atomic E-state index is 0. The van der Waals surface area contributed by atoms with Crippen LogP contribution in [-0.2, 0) is 4.79 Å². The summed E-state index contributed by atoms with van der Waals surface area (Å²) in [7, 11) is 1.85. The van der Waals surface area contributed by atoms with E-state index < -0.39 is 0 Å². The van der Waals surface area contributed by atoms with Gasteiger partial charge in [-0.1, -0.05) is 30.3 Å². The maximum Gasteiger partial charge on any atom is 0.223 e. The lowest BCUT2D eigenvalue weighted by molar-refractivity contribution is -0.132. The molecule has 0 aromatic heterocycles. The van der Waals surface area contributed by atoms with Gasteiger partial charge in [-0.25, -0.2) is 0 Å². The number of nitrogens with zero attached hydrogens (tertiary/aromatic N) is 1. The van der Waals surface area contributed by atoms with Crippen molar-refractivity contribution in [1.29, 1.82) is 0 Å². The van der Waals surface area contributed by atoms with Crippen LogP contribution in [0.15, 0.2) is 30.3 Å². The lowest BCUT2D eigenvalue weighted by atomic mass is 10.0. The molecule has 0 atom stereocenters. The average Bonchev–Trinajstić information content (AvgIpc) is 2.53. The van der Waals surface area contributed by atoms with Crippen molar-refractivity contribution in [3.63, 3.8) is 0 Å². The molecule has 1 aliphatic heterocycles. The van der Waals surface area contributed by atoms with Gasteiger partial charge in [0, 0.05) is 31.5 Å². The Balaban J connectivity index is 0.00000220. The quantitative estimate of drug-likeness (QED) is 0.849. The molecule has 1 amide bonds. The second-order valence-electron chi connectivity index (χ2n) is 5.28. The highest BCUT2D eigenvalue weighted by molar-refractivity contribution is 5.97. The fourth-order valence-corrected chi connectivity index (χ4v) is 2.56. The van der Waals surface area contributed by atoms with Crippen molar-refractivity contribution in [3.05, 3.63) is 35.9 Å². The van der Waals surface area contributed by atoms with E-state index in [1.54, 1.807) is 12.1 Å². The molecule has 1 saturated heterocycles. The van der Waals surface area contributed by atoms with Gasteiger partial charge in [0.1, 0.15) is 0 Å². The molecule has 5 heteroatoms. The Labute approximate surface area is 132 Å². The first-order valence-electron chi connectivity index (χ1n) is 7.23. The fourth-order valence-electron chi connectivity index (χ4n) is 2.56. The third kappa shape index (κ3) is 5.14. The van der Waals surface area contributed by atoms with E-state index in [9.17, 15) is 9.59 Å². The van der Waals surface area contributed by atoms with Crippen LogP contribution in [-0.4, -0.2) is 42.8 Å². The number of carbonyl (C=O) groups excluding carboxylic acids is 2. The maximum atomic E-state index is 12.1. The first kappa shape index (κ1) is 17.7. The van der Waals surface area contributed by atoms with Crippen LogP contribution >= 0.6 is 12.4 Å². The summed E-state index contributed by atoms with van der Waals surface area (Å²) >= 11 is 0. The van der Waals surface area contributed by atoms with Crippen molar-refractivity contribution in [2.24, 2.45) is 0 Å². The molecule has 1 aliphatic rings. The predicted molar refractivity (Wildman–Crippen MR) is 85.9 cm³/mol. The summed E-state index contributed by atoms with van der Waals surface area (Å²) in [6.07, 6.45) is 2.58. The molecule has 1 aromatic rings. The van der Waals surface area contributed by atoms with Gasteiger partial charge in [0.2, 0.25) is 5.91 Å². The summed E-state index contributed by atoms with van der Waals surface area (Å²) in [4.78, 5) is 25.9. The molecule has 0 spiro atoms. The van der Waals surface area contributed by atoms with E-state index >= 15 is 0 Å². The molecule has 0 radical (unpaired) electrons. The first-order valence-corrected chi connectivity index (χ1v) is 7.23. The van der Waals surface area contributed by atoms with Gasteiger partial charge in [0.05, 0.1) is 0 Å². The lowest BCUT2D eigenvalue weighted by Gasteiger charge is -2.31. The van der Waals surface area contributed by atoms with E-state index in [4.69, 9.17) is 0 Å². The van der Waals surface area contributed by atoms with Crippen LogP contribution in [0.5, 0.6) is 0 Å². The SMILES string of the molecule is CN(C(=O)CCC(=O)c1ccccc1)C1CCNCC1.Cl. The average molecular weight is 311 g/mol. The van der Waals surface area contributed by atoms with Crippen molar-refractivity contribution < 1.29 is 9.59 Å². The number of Topliss-reactive ketones (excluding diaryl/α,β-unsaturated/α-hetero) is 1. The van der Waals surface area contributed by atoms with E-state index in [2.05, 4.69) is 5.32 Å². The normalized spacial score (nSPS) is 15.1. The fraction of sp³-hybridized carbons (Fsp3) is 0.500. The molecule has 1 N–H and O–H groups in total. The summed E-state index contributed by atoms with van der Waals surface area (Å²) in [5.41, 5.74) is 0.685. The third-order valence-corrected chi connectivity index (χ3v) is 3.91. The van der Waals surface area contributed by atoms with Gasteiger partial charge in [-0.05, 0) is 25.9 Å². The number of benzene rings is 1. The molecule has 21 heavy (non-hydrogen) atoms. The monoisotopic (exact) mass is 310 g/mol. The number of amides is 1. The van der Waals surface area contributed by atoms with Crippen LogP contribution in [0.4, 0.5) is 0 Å². The predicted octanol–water partition coefficient (Wildman–Crippen LogP) is 2.28. The van der Waals surface area contributed by atoms with E-state index in [-0.39, 0.29) is 30.5 Å². The van der Waals surface area contributed by atoms with Crippen molar-refractivity contribution in [2.75, 3.05) is 20.1 Å². The molecule has 4 nitrogen and oxygen atoms in total. The zero-order valence-electron chi connectivity index (χ0n) is 12.4. The standard InChI is InChI=1S/C16H22N2O2.ClH/c1-18(14-9-11-17-12-10-14)16(20)8-7-15(19)13-5-3-2-4-6-13;/h2-6,14,17H,7-12H2,1H3;1H. The van der Waals surface area contributed by atoms with Gasteiger partial charge in [-0.2, -0.15) is 0 Å². The molecule has 0 saturated carbocycles. The number of ketones is 1. The molecule has 0 unspecified atom stereocenters. The maximum absolute atomic E-state index is 12.1. The zero-order valence-corrected chi connectivity index (χ0v) is 13.2. The molecule has 1 heterocycles. The summed E-state index contributed by atoms with van der Waals surface area (Å²) in [6.45, 7) is 1.93. The molecule has 1 fully saturated rings. The Morgan fingerprint density at radius 1 is 1.14 bits per heavy atom. The smallest absolute Gasteiger partial charge is 0.223 e. The second kappa shape index (κ2) is 8.80. The number of nitrogens with one attached hydrogen (secondary N) is 1. The first-order chi connectivity index (χ1) is 9.68. The number of hydrogen-bond acceptors (Lipinski definition) is 3. The van der Waals surface area contributed by atoms with Crippen LogP contribution < -0.4 is 5.32 Å². The molecule has 2 rings (SSSR count). The van der Waals surface area contributed by atoms with Gasteiger partial charge in [0.15, 0.2) is 5.78 Å². The van der Waals surface area contributed by atoms with Gasteiger partial charge in [-0.15, -0.1) is 12.4 Å². The summed E-state index contributed by atoms with van der Waals surface area (Å²) in [5, 5.41) is 3.29. The van der Waals surface area contributed by atoms with E-state index in [0.717, 1.165) is 25.9 Å². The Bertz CT molecular complexity index is 459. The van der Waals surface area contributed by atoms with Gasteiger partial charge in [0.25, 0.3) is 0 Å². The van der Waals surface area contributed by atoms with Crippen molar-refractivity contribution in [3.8, 4) is 0 Å². The number of rotatable bonds is 5. The highest BCUT2D eigenvalue weighted by atomic mass is 35.5. The molecule has 116 valence electrons. The topological polar surface area (TPSA) is 49.4 Å². The summed E-state index contributed by atoms with van der Waals surface area (Å²) in [6, 6.07) is 9.47. The van der Waals surface area contributed by atoms with E-state index in [1.165, 1.54) is 0 Å². The Kier molecular flexibility index (Phi) is 7.40. The Morgan fingerprint density at radius 2 is 1.76 bits per heavy atom. The third-order valence-electron chi connectivity index (χ3n) is 3.91. The second-order valence-corrected chi connectivity index (χ2v) is 5.28. The molecular formula is C16H23ClN2O2. The van der Waals surface area contributed by atoms with Crippen LogP contribution in [0.2, 0.25) is 0 Å². The molecule has 0 bridgehead atoms. The van der Waals surface area contributed by atoms with E-state index in [1.807, 2.05) is 30.1 Å². The molecule has 0 aliphatic carbocycles. The van der Waals surface area contributed by atoms with Gasteiger partial charge >= 0.3 is 0 Å². The van der Waals surface area contributed by atoms with Crippen molar-refractivity contribution in [2.45, 2.75) is 31.7 Å². The minimum absolute atomic E-state index is 0. The Morgan fingerprint density at radius 3 is 2.38 bits per heavy atom. The summed E-state index contributed by atoms with van der Waals surface area (Å²) in [5.74, 6) is 0.110. The van der Waals surface area contributed by atoms with Crippen LogP contribution in [0.3, 0.4) is 0 Å². The number of piperidine rings is 1. The van der Waals surface area contributed by atoms with Crippen LogP contribution in [0, 0.1) is 0 Å². The lowest BCUT2D eigenvalue weighted by Crippen LogP contribution is -2.44. The van der Waals surface area contributed by atoms with Gasteiger partial charge in [-0.3, -0.25) is 9.59 Å². The van der Waals surface area contributed by atoms with E-state index in [0.29, 0.717) is 18.0 Å². The molecule has 1 aromatic carbocycles. The van der Waals surface area contributed by atoms with Crippen molar-refractivity contribution >= 4 is 24.1 Å². The van der Waals surface area contributed by atoms with Gasteiger partial charge < -0.3 is 10.2 Å². The molecular weight excluding hydrogens is 288 g/mol. The highest BCUT2D eigenvalue weighted by Gasteiger charge is 2.22. The van der Waals surface area contributed by atoms with Crippen LogP contribution in [0.1, 0.15) is 36.0 Å². The summed E-state index contributed by atoms with van der Waals surface area (Å²) < 4.78 is 0. The number of carbonyl (C=O) groups is 2. The number of hydrogen-bond donors (Lipinski definition) is 1. The Hall–Kier alpha value is -1.39. The zero-order chi connectivity index (χ0) is 14.4.